The SMILES string of the molecule is CC(C)(C1CC1)N1CCC(=O)N2CCCCC2C1=O. The number of amides is 2. The number of rotatable bonds is 2. The topological polar surface area (TPSA) is 40.6 Å². The van der Waals surface area contributed by atoms with Crippen LogP contribution in [-0.4, -0.2) is 46.3 Å². The summed E-state index contributed by atoms with van der Waals surface area (Å²) in [4.78, 5) is 28.9. The number of carbonyl (C=O) groups excluding carboxylic acids is 2. The Morgan fingerprint density at radius 1 is 1.05 bits per heavy atom. The number of hydrogen-bond acceptors (Lipinski definition) is 2. The summed E-state index contributed by atoms with van der Waals surface area (Å²) in [5, 5.41) is 0. The van der Waals surface area contributed by atoms with Crippen LogP contribution in [-0.2, 0) is 9.59 Å². The van der Waals surface area contributed by atoms with Crippen molar-refractivity contribution in [1.29, 1.82) is 0 Å². The summed E-state index contributed by atoms with van der Waals surface area (Å²) in [5.74, 6) is 0.997. The van der Waals surface area contributed by atoms with Crippen LogP contribution in [0.3, 0.4) is 0 Å². The summed E-state index contributed by atoms with van der Waals surface area (Å²) >= 11 is 0. The molecule has 2 heterocycles. The van der Waals surface area contributed by atoms with Crippen LogP contribution in [0.1, 0.15) is 52.4 Å². The maximum Gasteiger partial charge on any atom is 0.245 e. The monoisotopic (exact) mass is 264 g/mol. The molecule has 0 radical (unpaired) electrons. The third-order valence-electron chi connectivity index (χ3n) is 5.20. The molecular weight excluding hydrogens is 240 g/mol. The summed E-state index contributed by atoms with van der Waals surface area (Å²) < 4.78 is 0. The zero-order valence-electron chi connectivity index (χ0n) is 12.0. The van der Waals surface area contributed by atoms with Gasteiger partial charge in [0.1, 0.15) is 6.04 Å². The highest BCUT2D eigenvalue weighted by atomic mass is 16.2. The van der Waals surface area contributed by atoms with Crippen LogP contribution < -0.4 is 0 Å². The van der Waals surface area contributed by atoms with Crippen LogP contribution in [0.15, 0.2) is 0 Å². The van der Waals surface area contributed by atoms with Crippen LogP contribution in [0.2, 0.25) is 0 Å². The molecule has 3 rings (SSSR count). The highest BCUT2D eigenvalue weighted by Gasteiger charge is 2.48. The van der Waals surface area contributed by atoms with Gasteiger partial charge in [-0.05, 0) is 51.9 Å². The van der Waals surface area contributed by atoms with Crippen LogP contribution >= 0.6 is 0 Å². The maximum atomic E-state index is 12.8. The molecule has 106 valence electrons. The molecule has 2 saturated heterocycles. The van der Waals surface area contributed by atoms with Crippen LogP contribution in [0.5, 0.6) is 0 Å². The van der Waals surface area contributed by atoms with E-state index in [4.69, 9.17) is 0 Å². The average Bonchev–Trinajstić information content (AvgIpc) is 3.22. The fourth-order valence-electron chi connectivity index (χ4n) is 3.71. The summed E-state index contributed by atoms with van der Waals surface area (Å²) in [6.07, 6.45) is 5.90. The second kappa shape index (κ2) is 4.50. The predicted molar refractivity (Wildman–Crippen MR) is 72.5 cm³/mol. The highest BCUT2D eigenvalue weighted by molar-refractivity contribution is 5.90. The Morgan fingerprint density at radius 3 is 2.47 bits per heavy atom. The molecule has 4 nitrogen and oxygen atoms in total. The summed E-state index contributed by atoms with van der Waals surface area (Å²) in [5.41, 5.74) is -0.0786. The zero-order valence-corrected chi connectivity index (χ0v) is 12.0. The lowest BCUT2D eigenvalue weighted by molar-refractivity contribution is -0.146. The van der Waals surface area contributed by atoms with Crippen molar-refractivity contribution in [3.63, 3.8) is 0 Å². The van der Waals surface area contributed by atoms with Gasteiger partial charge in [-0.25, -0.2) is 0 Å². The average molecular weight is 264 g/mol. The van der Waals surface area contributed by atoms with Gasteiger partial charge in [-0.1, -0.05) is 0 Å². The third-order valence-corrected chi connectivity index (χ3v) is 5.20. The summed E-state index contributed by atoms with van der Waals surface area (Å²) in [7, 11) is 0. The predicted octanol–water partition coefficient (Wildman–Crippen LogP) is 1.79. The molecule has 0 bridgehead atoms. The molecule has 1 unspecified atom stereocenters. The standard InChI is InChI=1S/C15H24N2O2/c1-15(2,11-6-7-11)17-10-8-13(18)16-9-4-3-5-12(16)14(17)19/h11-12H,3-10H2,1-2H3. The lowest BCUT2D eigenvalue weighted by Gasteiger charge is -2.41. The quantitative estimate of drug-likeness (QED) is 0.763. The molecule has 0 aromatic heterocycles. The van der Waals surface area contributed by atoms with E-state index in [1.54, 1.807) is 0 Å². The molecular formula is C15H24N2O2. The molecule has 0 aromatic carbocycles. The van der Waals surface area contributed by atoms with E-state index in [-0.39, 0.29) is 23.4 Å². The Bertz CT molecular complexity index is 401. The second-order valence-corrected chi connectivity index (χ2v) is 6.77. The number of carbonyl (C=O) groups is 2. The molecule has 0 N–H and O–H groups in total. The van der Waals surface area contributed by atoms with Crippen molar-refractivity contribution in [1.82, 2.24) is 9.80 Å². The van der Waals surface area contributed by atoms with Crippen LogP contribution in [0.25, 0.3) is 0 Å². The number of hydrogen-bond donors (Lipinski definition) is 0. The molecule has 0 spiro atoms. The first-order valence-electron chi connectivity index (χ1n) is 7.63. The Morgan fingerprint density at radius 2 is 1.79 bits per heavy atom. The normalized spacial score (nSPS) is 29.3. The Labute approximate surface area is 115 Å². The van der Waals surface area contributed by atoms with E-state index in [0.717, 1.165) is 25.8 Å². The molecule has 2 amide bonds. The van der Waals surface area contributed by atoms with E-state index >= 15 is 0 Å². The van der Waals surface area contributed by atoms with Gasteiger partial charge in [0, 0.05) is 25.0 Å². The van der Waals surface area contributed by atoms with Crippen molar-refractivity contribution in [3.05, 3.63) is 0 Å². The van der Waals surface area contributed by atoms with Gasteiger partial charge < -0.3 is 9.80 Å². The number of nitrogens with zero attached hydrogens (tertiary/aromatic N) is 2. The van der Waals surface area contributed by atoms with Gasteiger partial charge in [0.05, 0.1) is 0 Å². The van der Waals surface area contributed by atoms with E-state index in [1.807, 2.05) is 9.80 Å². The van der Waals surface area contributed by atoms with E-state index in [2.05, 4.69) is 13.8 Å². The first-order chi connectivity index (χ1) is 9.01. The second-order valence-electron chi connectivity index (χ2n) is 6.77. The van der Waals surface area contributed by atoms with Gasteiger partial charge in [0.15, 0.2) is 0 Å². The molecule has 3 aliphatic rings. The fraction of sp³-hybridized carbons (Fsp3) is 0.867. The molecule has 4 heteroatoms. The maximum absolute atomic E-state index is 12.8. The fourth-order valence-corrected chi connectivity index (χ4v) is 3.71. The summed E-state index contributed by atoms with van der Waals surface area (Å²) in [6.45, 7) is 5.72. The van der Waals surface area contributed by atoms with Gasteiger partial charge in [0.2, 0.25) is 11.8 Å². The zero-order chi connectivity index (χ0) is 13.6. The van der Waals surface area contributed by atoms with Crippen LogP contribution in [0, 0.1) is 5.92 Å². The largest absolute Gasteiger partial charge is 0.335 e. The lowest BCUT2D eigenvalue weighted by atomic mass is 9.93. The number of fused-ring (bicyclic) bond motifs is 1. The Balaban J connectivity index is 1.86. The van der Waals surface area contributed by atoms with Crippen molar-refractivity contribution in [2.24, 2.45) is 5.92 Å². The minimum absolute atomic E-state index is 0.0786. The highest BCUT2D eigenvalue weighted by Crippen LogP contribution is 2.43. The number of piperidine rings is 1. The first-order valence-corrected chi connectivity index (χ1v) is 7.63. The minimum atomic E-state index is -0.179. The van der Waals surface area contributed by atoms with Crippen LogP contribution in [0.4, 0.5) is 0 Å². The van der Waals surface area contributed by atoms with Crippen molar-refractivity contribution in [2.75, 3.05) is 13.1 Å². The van der Waals surface area contributed by atoms with Crippen molar-refractivity contribution >= 4 is 11.8 Å². The van der Waals surface area contributed by atoms with Gasteiger partial charge in [-0.3, -0.25) is 9.59 Å². The smallest absolute Gasteiger partial charge is 0.245 e. The lowest BCUT2D eigenvalue weighted by Crippen LogP contribution is -2.55. The van der Waals surface area contributed by atoms with Gasteiger partial charge in [-0.2, -0.15) is 0 Å². The van der Waals surface area contributed by atoms with Crippen molar-refractivity contribution < 1.29 is 9.59 Å². The molecule has 0 aromatic rings. The minimum Gasteiger partial charge on any atom is -0.335 e. The van der Waals surface area contributed by atoms with E-state index in [0.29, 0.717) is 18.9 Å². The van der Waals surface area contributed by atoms with Gasteiger partial charge in [0.25, 0.3) is 0 Å². The van der Waals surface area contributed by atoms with Gasteiger partial charge >= 0.3 is 0 Å². The first kappa shape index (κ1) is 12.9. The summed E-state index contributed by atoms with van der Waals surface area (Å²) in [6, 6.07) is -0.179. The molecule has 19 heavy (non-hydrogen) atoms. The Hall–Kier alpha value is -1.06. The third kappa shape index (κ3) is 2.15. The molecule has 2 aliphatic heterocycles. The van der Waals surface area contributed by atoms with Crippen molar-refractivity contribution in [3.8, 4) is 0 Å². The van der Waals surface area contributed by atoms with Crippen molar-refractivity contribution in [2.45, 2.75) is 64.0 Å². The van der Waals surface area contributed by atoms with Gasteiger partial charge in [-0.15, -0.1) is 0 Å². The van der Waals surface area contributed by atoms with E-state index < -0.39 is 0 Å². The van der Waals surface area contributed by atoms with E-state index in [1.165, 1.54) is 12.8 Å². The molecule has 1 aliphatic carbocycles. The van der Waals surface area contributed by atoms with E-state index in [9.17, 15) is 9.59 Å². The molecule has 3 fully saturated rings. The molecule has 1 saturated carbocycles. The molecule has 1 atom stereocenters. The Kier molecular flexibility index (Phi) is 3.06.